The van der Waals surface area contributed by atoms with Crippen LogP contribution in [0.3, 0.4) is 0 Å². The molecule has 0 bridgehead atoms. The van der Waals surface area contributed by atoms with Crippen molar-refractivity contribution in [2.45, 2.75) is 45.2 Å². The first-order chi connectivity index (χ1) is 16.5. The first-order valence-electron chi connectivity index (χ1n) is 11.6. The summed E-state index contributed by atoms with van der Waals surface area (Å²) in [5.74, 6) is -0.226. The number of carbonyl (C=O) groups is 2. The lowest BCUT2D eigenvalue weighted by atomic mass is 10.0. The average molecular weight is 542 g/mol. The normalized spacial score (nSPS) is 11.6. The molecule has 3 aromatic rings. The van der Waals surface area contributed by atoms with E-state index >= 15 is 0 Å². The number of hydrogen-bond donors (Lipinski definition) is 1. The van der Waals surface area contributed by atoms with Crippen molar-refractivity contribution in [2.24, 2.45) is 0 Å². The van der Waals surface area contributed by atoms with Gasteiger partial charge in [0, 0.05) is 29.0 Å². The predicted octanol–water partition coefficient (Wildman–Crippen LogP) is 6.20. The summed E-state index contributed by atoms with van der Waals surface area (Å²) in [6.07, 6.45) is 2.53. The van der Waals surface area contributed by atoms with Gasteiger partial charge in [-0.15, -0.1) is 0 Å². The van der Waals surface area contributed by atoms with Gasteiger partial charge in [0.15, 0.2) is 0 Å². The Labute approximate surface area is 215 Å². The molecular weight excluding hydrogens is 512 g/mol. The summed E-state index contributed by atoms with van der Waals surface area (Å²) in [7, 11) is 0. The third kappa shape index (κ3) is 8.00. The zero-order chi connectivity index (χ0) is 24.3. The summed E-state index contributed by atoms with van der Waals surface area (Å²) in [6.45, 7) is 3.03. The van der Waals surface area contributed by atoms with E-state index in [2.05, 4.69) is 28.2 Å². The molecule has 0 unspecified atom stereocenters. The molecule has 0 heterocycles. The third-order valence-corrected chi connectivity index (χ3v) is 6.42. The Hall–Kier alpha value is -2.63. The molecule has 0 fully saturated rings. The third-order valence-electron chi connectivity index (χ3n) is 5.64. The van der Waals surface area contributed by atoms with E-state index < -0.39 is 6.04 Å². The molecule has 0 aliphatic rings. The second-order valence-corrected chi connectivity index (χ2v) is 9.65. The van der Waals surface area contributed by atoms with Gasteiger partial charge in [0.2, 0.25) is 11.8 Å². The van der Waals surface area contributed by atoms with Gasteiger partial charge in [-0.3, -0.25) is 9.59 Å². The monoisotopic (exact) mass is 540 g/mol. The maximum absolute atomic E-state index is 13.6. The number of carbonyl (C=O) groups excluding carboxylic acids is 2. The summed E-state index contributed by atoms with van der Waals surface area (Å²) < 4.78 is 0.966. The highest BCUT2D eigenvalue weighted by molar-refractivity contribution is 9.10. The van der Waals surface area contributed by atoms with Gasteiger partial charge in [0.1, 0.15) is 6.04 Å². The Morgan fingerprint density at radius 3 is 2.21 bits per heavy atom. The smallest absolute Gasteiger partial charge is 0.243 e. The lowest BCUT2D eigenvalue weighted by Crippen LogP contribution is -2.51. The van der Waals surface area contributed by atoms with Crippen molar-refractivity contribution in [3.63, 3.8) is 0 Å². The summed E-state index contributed by atoms with van der Waals surface area (Å²) in [5, 5.41) is 3.67. The van der Waals surface area contributed by atoms with Crippen molar-refractivity contribution in [1.29, 1.82) is 0 Å². The Balaban J connectivity index is 1.92. The molecule has 2 amide bonds. The SMILES string of the molecule is CCCCNC(=O)[C@@H](Cc1ccccc1)N(Cc1ccc(Br)cc1)C(=O)Cc1ccc(Cl)cc1. The van der Waals surface area contributed by atoms with Crippen LogP contribution in [0.4, 0.5) is 0 Å². The standard InChI is InChI=1S/C28H30BrClN2O2/c1-2-3-17-31-28(34)26(18-21-7-5-4-6-8-21)32(20-23-9-13-24(29)14-10-23)27(33)19-22-11-15-25(30)16-12-22/h4-16,26H,2-3,17-20H2,1H3,(H,31,34)/t26-/m1/s1. The number of amides is 2. The summed E-state index contributed by atoms with van der Waals surface area (Å²) in [5.41, 5.74) is 2.84. The van der Waals surface area contributed by atoms with Crippen molar-refractivity contribution in [1.82, 2.24) is 10.2 Å². The molecule has 1 atom stereocenters. The van der Waals surface area contributed by atoms with E-state index in [9.17, 15) is 9.59 Å². The largest absolute Gasteiger partial charge is 0.354 e. The van der Waals surface area contributed by atoms with Gasteiger partial charge in [-0.1, -0.05) is 95.5 Å². The fraction of sp³-hybridized carbons (Fsp3) is 0.286. The molecule has 0 spiro atoms. The second-order valence-electron chi connectivity index (χ2n) is 8.30. The van der Waals surface area contributed by atoms with Gasteiger partial charge in [-0.25, -0.2) is 0 Å². The molecule has 0 saturated heterocycles. The molecule has 3 rings (SSSR count). The van der Waals surface area contributed by atoms with Crippen LogP contribution in [-0.2, 0) is 29.0 Å². The molecule has 178 valence electrons. The first kappa shape index (κ1) is 26.0. The summed E-state index contributed by atoms with van der Waals surface area (Å²) in [4.78, 5) is 28.7. The van der Waals surface area contributed by atoms with Gasteiger partial charge < -0.3 is 10.2 Å². The van der Waals surface area contributed by atoms with Crippen LogP contribution in [0.2, 0.25) is 5.02 Å². The molecule has 0 radical (unpaired) electrons. The van der Waals surface area contributed by atoms with Crippen LogP contribution < -0.4 is 5.32 Å². The van der Waals surface area contributed by atoms with Gasteiger partial charge >= 0.3 is 0 Å². The van der Waals surface area contributed by atoms with Crippen molar-refractivity contribution in [3.05, 3.63) is 105 Å². The summed E-state index contributed by atoms with van der Waals surface area (Å²) >= 11 is 9.49. The highest BCUT2D eigenvalue weighted by Gasteiger charge is 2.30. The zero-order valence-electron chi connectivity index (χ0n) is 19.3. The molecule has 6 heteroatoms. The Bertz CT molecular complexity index is 1060. The van der Waals surface area contributed by atoms with Crippen molar-refractivity contribution < 1.29 is 9.59 Å². The molecule has 0 aromatic heterocycles. The van der Waals surface area contributed by atoms with Crippen LogP contribution in [0.5, 0.6) is 0 Å². The van der Waals surface area contributed by atoms with E-state index in [1.54, 1.807) is 17.0 Å². The van der Waals surface area contributed by atoms with Crippen molar-refractivity contribution in [3.8, 4) is 0 Å². The molecule has 3 aromatic carbocycles. The van der Waals surface area contributed by atoms with E-state index in [4.69, 9.17) is 11.6 Å². The molecule has 0 aliphatic heterocycles. The lowest BCUT2D eigenvalue weighted by Gasteiger charge is -2.32. The predicted molar refractivity (Wildman–Crippen MR) is 142 cm³/mol. The molecule has 4 nitrogen and oxygen atoms in total. The Morgan fingerprint density at radius 2 is 1.56 bits per heavy atom. The van der Waals surface area contributed by atoms with E-state index in [0.29, 0.717) is 24.5 Å². The van der Waals surface area contributed by atoms with Crippen LogP contribution in [0.25, 0.3) is 0 Å². The van der Waals surface area contributed by atoms with Crippen LogP contribution in [0.15, 0.2) is 83.3 Å². The topological polar surface area (TPSA) is 49.4 Å². The number of rotatable bonds is 11. The minimum atomic E-state index is -0.622. The van der Waals surface area contributed by atoms with E-state index in [0.717, 1.165) is 34.0 Å². The van der Waals surface area contributed by atoms with Crippen molar-refractivity contribution in [2.75, 3.05) is 6.54 Å². The van der Waals surface area contributed by atoms with Gasteiger partial charge in [0.25, 0.3) is 0 Å². The second kappa shape index (κ2) is 13.3. The first-order valence-corrected chi connectivity index (χ1v) is 12.7. The highest BCUT2D eigenvalue weighted by atomic mass is 79.9. The molecule has 0 saturated carbocycles. The maximum Gasteiger partial charge on any atom is 0.243 e. The lowest BCUT2D eigenvalue weighted by molar-refractivity contribution is -0.140. The van der Waals surface area contributed by atoms with E-state index in [1.807, 2.05) is 66.7 Å². The fourth-order valence-electron chi connectivity index (χ4n) is 3.73. The number of nitrogens with one attached hydrogen (secondary N) is 1. The van der Waals surface area contributed by atoms with Gasteiger partial charge in [-0.05, 0) is 47.4 Å². The van der Waals surface area contributed by atoms with Gasteiger partial charge in [-0.2, -0.15) is 0 Å². The fourth-order valence-corrected chi connectivity index (χ4v) is 4.12. The number of hydrogen-bond acceptors (Lipinski definition) is 2. The number of benzene rings is 3. The Kier molecular flexibility index (Phi) is 10.2. The minimum Gasteiger partial charge on any atom is -0.354 e. The van der Waals surface area contributed by atoms with Crippen LogP contribution in [-0.4, -0.2) is 29.3 Å². The van der Waals surface area contributed by atoms with Crippen LogP contribution >= 0.6 is 27.5 Å². The van der Waals surface area contributed by atoms with Crippen LogP contribution in [0.1, 0.15) is 36.5 Å². The average Bonchev–Trinajstić information content (AvgIpc) is 2.84. The zero-order valence-corrected chi connectivity index (χ0v) is 21.7. The number of halogens is 2. The number of unbranched alkanes of at least 4 members (excludes halogenated alkanes) is 1. The molecular formula is C28H30BrClN2O2. The highest BCUT2D eigenvalue weighted by Crippen LogP contribution is 2.19. The van der Waals surface area contributed by atoms with E-state index in [-0.39, 0.29) is 18.2 Å². The van der Waals surface area contributed by atoms with Crippen molar-refractivity contribution >= 4 is 39.3 Å². The number of nitrogens with zero attached hydrogens (tertiary/aromatic N) is 1. The molecule has 1 N–H and O–H groups in total. The quantitative estimate of drug-likeness (QED) is 0.294. The molecule has 0 aliphatic carbocycles. The van der Waals surface area contributed by atoms with Gasteiger partial charge in [0.05, 0.1) is 6.42 Å². The maximum atomic E-state index is 13.6. The molecule has 34 heavy (non-hydrogen) atoms. The minimum absolute atomic E-state index is 0.100. The van der Waals surface area contributed by atoms with Crippen LogP contribution in [0, 0.1) is 0 Å². The summed E-state index contributed by atoms with van der Waals surface area (Å²) in [6, 6.07) is 24.3. The van der Waals surface area contributed by atoms with E-state index in [1.165, 1.54) is 0 Å². The Morgan fingerprint density at radius 1 is 0.912 bits per heavy atom.